The Kier molecular flexibility index (Phi) is 5.77. The van der Waals surface area contributed by atoms with Gasteiger partial charge in [-0.25, -0.2) is 4.79 Å². The summed E-state index contributed by atoms with van der Waals surface area (Å²) < 4.78 is 5.26. The van der Waals surface area contributed by atoms with Crippen molar-refractivity contribution < 1.29 is 14.3 Å². The second kappa shape index (κ2) is 8.04. The van der Waals surface area contributed by atoms with Crippen molar-refractivity contribution in [2.75, 3.05) is 11.9 Å². The van der Waals surface area contributed by atoms with Crippen molar-refractivity contribution in [3.8, 4) is 0 Å². The van der Waals surface area contributed by atoms with E-state index in [1.165, 1.54) is 21.8 Å². The monoisotopic (exact) mass is 371 g/mol. The quantitative estimate of drug-likeness (QED) is 0.769. The van der Waals surface area contributed by atoms with Crippen molar-refractivity contribution in [3.63, 3.8) is 0 Å². The Morgan fingerprint density at radius 3 is 2.65 bits per heavy atom. The van der Waals surface area contributed by atoms with Gasteiger partial charge in [-0.15, -0.1) is 11.3 Å². The van der Waals surface area contributed by atoms with Crippen LogP contribution in [0, 0.1) is 5.92 Å². The minimum Gasteiger partial charge on any atom is -0.462 e. The minimum atomic E-state index is -0.331. The fourth-order valence-corrected chi connectivity index (χ4v) is 4.68. The maximum absolute atomic E-state index is 12.5. The lowest BCUT2D eigenvalue weighted by Crippen LogP contribution is -2.19. The van der Waals surface area contributed by atoms with Gasteiger partial charge in [0.25, 0.3) is 0 Å². The molecule has 1 aromatic carbocycles. The molecule has 0 spiro atoms. The Bertz CT molecular complexity index is 795. The second-order valence-electron chi connectivity index (χ2n) is 6.92. The summed E-state index contributed by atoms with van der Waals surface area (Å²) in [5.74, 6) is -0.0942. The molecular formula is C21H25NO3S. The summed E-state index contributed by atoms with van der Waals surface area (Å²) in [5.41, 5.74) is 2.95. The predicted octanol–water partition coefficient (Wildman–Crippen LogP) is 4.79. The van der Waals surface area contributed by atoms with Crippen LogP contribution in [0.3, 0.4) is 0 Å². The van der Waals surface area contributed by atoms with Crippen LogP contribution in [0.5, 0.6) is 0 Å². The van der Waals surface area contributed by atoms with Gasteiger partial charge >= 0.3 is 5.97 Å². The van der Waals surface area contributed by atoms with Crippen LogP contribution in [0.1, 0.15) is 59.5 Å². The van der Waals surface area contributed by atoms with Crippen LogP contribution in [0.4, 0.5) is 5.00 Å². The highest BCUT2D eigenvalue weighted by atomic mass is 32.1. The topological polar surface area (TPSA) is 55.4 Å². The van der Waals surface area contributed by atoms with Gasteiger partial charge in [0, 0.05) is 10.8 Å². The number of rotatable bonds is 5. The van der Waals surface area contributed by atoms with Crippen LogP contribution < -0.4 is 5.32 Å². The Labute approximate surface area is 158 Å². The predicted molar refractivity (Wildman–Crippen MR) is 105 cm³/mol. The normalized spacial score (nSPS) is 16.2. The molecule has 1 aliphatic carbocycles. The third-order valence-electron chi connectivity index (χ3n) is 4.78. The number of anilines is 1. The van der Waals surface area contributed by atoms with Crippen LogP contribution in [0.2, 0.25) is 0 Å². The molecule has 0 saturated heterocycles. The fourth-order valence-electron chi connectivity index (χ4n) is 3.36. The van der Waals surface area contributed by atoms with Gasteiger partial charge in [0.15, 0.2) is 0 Å². The minimum absolute atomic E-state index is 0.0752. The summed E-state index contributed by atoms with van der Waals surface area (Å²) in [6, 6.07) is 10.5. The largest absolute Gasteiger partial charge is 0.462 e. The maximum Gasteiger partial charge on any atom is 0.341 e. The summed E-state index contributed by atoms with van der Waals surface area (Å²) >= 11 is 1.53. The van der Waals surface area contributed by atoms with E-state index in [0.29, 0.717) is 23.1 Å². The van der Waals surface area contributed by atoms with E-state index < -0.39 is 0 Å². The Morgan fingerprint density at radius 1 is 1.27 bits per heavy atom. The zero-order chi connectivity index (χ0) is 18.7. The van der Waals surface area contributed by atoms with E-state index in [9.17, 15) is 9.59 Å². The lowest BCUT2D eigenvalue weighted by molar-refractivity contribution is -0.118. The molecule has 26 heavy (non-hydrogen) atoms. The molecule has 0 bridgehead atoms. The summed E-state index contributed by atoms with van der Waals surface area (Å²) in [5, 5.41) is 3.58. The van der Waals surface area contributed by atoms with E-state index in [-0.39, 0.29) is 17.8 Å². The van der Waals surface area contributed by atoms with Crippen LogP contribution in [0.15, 0.2) is 30.3 Å². The van der Waals surface area contributed by atoms with Crippen LogP contribution in [0.25, 0.3) is 0 Å². The van der Waals surface area contributed by atoms with Crippen LogP contribution >= 0.6 is 11.3 Å². The van der Waals surface area contributed by atoms with Gasteiger partial charge in [0.05, 0.1) is 12.2 Å². The summed E-state index contributed by atoms with van der Waals surface area (Å²) in [7, 11) is 0. The van der Waals surface area contributed by atoms with Crippen molar-refractivity contribution in [1.29, 1.82) is 0 Å². The SMILES string of the molecule is CCOC(=O)c1c(NC(=O)C(C)C)sc2c1CCC(c1ccccc1)C2. The molecule has 1 aliphatic rings. The Hall–Kier alpha value is -2.14. The Balaban J connectivity index is 1.93. The molecule has 1 aromatic heterocycles. The molecular weight excluding hydrogens is 346 g/mol. The number of esters is 1. The van der Waals surface area contributed by atoms with Crippen molar-refractivity contribution in [1.82, 2.24) is 0 Å². The van der Waals surface area contributed by atoms with E-state index in [2.05, 4.69) is 29.6 Å². The molecule has 0 saturated carbocycles. The number of benzene rings is 1. The first kappa shape index (κ1) is 18.6. The van der Waals surface area contributed by atoms with Gasteiger partial charge in [-0.05, 0) is 43.2 Å². The van der Waals surface area contributed by atoms with E-state index in [0.717, 1.165) is 24.8 Å². The summed E-state index contributed by atoms with van der Waals surface area (Å²) in [6.07, 6.45) is 2.72. The second-order valence-corrected chi connectivity index (χ2v) is 8.03. The van der Waals surface area contributed by atoms with Crippen molar-refractivity contribution in [2.24, 2.45) is 5.92 Å². The van der Waals surface area contributed by atoms with Crippen molar-refractivity contribution >= 4 is 28.2 Å². The molecule has 1 N–H and O–H groups in total. The fraction of sp³-hybridized carbons (Fsp3) is 0.429. The van der Waals surface area contributed by atoms with E-state index in [1.54, 1.807) is 6.92 Å². The molecule has 2 aromatic rings. The number of hydrogen-bond acceptors (Lipinski definition) is 4. The molecule has 1 amide bonds. The molecule has 1 unspecified atom stereocenters. The van der Waals surface area contributed by atoms with Gasteiger partial charge in [-0.2, -0.15) is 0 Å². The van der Waals surface area contributed by atoms with Crippen molar-refractivity contribution in [3.05, 3.63) is 51.9 Å². The average molecular weight is 372 g/mol. The highest BCUT2D eigenvalue weighted by Gasteiger charge is 2.31. The molecule has 3 rings (SSSR count). The first-order valence-corrected chi connectivity index (χ1v) is 10.00. The first-order valence-electron chi connectivity index (χ1n) is 9.18. The lowest BCUT2D eigenvalue weighted by atomic mass is 9.83. The number of nitrogens with one attached hydrogen (secondary N) is 1. The molecule has 5 heteroatoms. The van der Waals surface area contributed by atoms with Crippen molar-refractivity contribution in [2.45, 2.75) is 46.0 Å². The van der Waals surface area contributed by atoms with Crippen LogP contribution in [-0.2, 0) is 22.4 Å². The van der Waals surface area contributed by atoms with E-state index >= 15 is 0 Å². The number of ether oxygens (including phenoxy) is 1. The molecule has 0 fully saturated rings. The third kappa shape index (κ3) is 3.83. The molecule has 1 heterocycles. The van der Waals surface area contributed by atoms with Gasteiger partial charge in [0.1, 0.15) is 5.00 Å². The summed E-state index contributed by atoms with van der Waals surface area (Å²) in [4.78, 5) is 25.9. The standard InChI is InChI=1S/C21H25NO3S/c1-4-25-21(24)18-16-11-10-15(14-8-6-5-7-9-14)12-17(16)26-20(18)22-19(23)13(2)3/h5-9,13,15H,4,10-12H2,1-3H3,(H,22,23). The first-order chi connectivity index (χ1) is 12.5. The molecule has 0 aliphatic heterocycles. The highest BCUT2D eigenvalue weighted by molar-refractivity contribution is 7.17. The van der Waals surface area contributed by atoms with Crippen LogP contribution in [-0.4, -0.2) is 18.5 Å². The number of carbonyl (C=O) groups excluding carboxylic acids is 2. The van der Waals surface area contributed by atoms with E-state index in [1.807, 2.05) is 19.9 Å². The molecule has 1 atom stereocenters. The number of hydrogen-bond donors (Lipinski definition) is 1. The van der Waals surface area contributed by atoms with Gasteiger partial charge < -0.3 is 10.1 Å². The maximum atomic E-state index is 12.5. The molecule has 4 nitrogen and oxygen atoms in total. The number of fused-ring (bicyclic) bond motifs is 1. The average Bonchev–Trinajstić information content (AvgIpc) is 2.99. The number of thiophene rings is 1. The van der Waals surface area contributed by atoms with Gasteiger partial charge in [0.2, 0.25) is 5.91 Å². The summed E-state index contributed by atoms with van der Waals surface area (Å²) in [6.45, 7) is 5.82. The van der Waals surface area contributed by atoms with E-state index in [4.69, 9.17) is 4.74 Å². The van der Waals surface area contributed by atoms with Gasteiger partial charge in [-0.3, -0.25) is 4.79 Å². The molecule has 0 radical (unpaired) electrons. The van der Waals surface area contributed by atoms with Gasteiger partial charge in [-0.1, -0.05) is 44.2 Å². The third-order valence-corrected chi connectivity index (χ3v) is 5.95. The zero-order valence-electron chi connectivity index (χ0n) is 15.5. The number of amides is 1. The highest BCUT2D eigenvalue weighted by Crippen LogP contribution is 2.42. The zero-order valence-corrected chi connectivity index (χ0v) is 16.3. The number of carbonyl (C=O) groups is 2. The lowest BCUT2D eigenvalue weighted by Gasteiger charge is -2.23. The molecule has 138 valence electrons. The smallest absolute Gasteiger partial charge is 0.341 e. The Morgan fingerprint density at radius 2 is 2.00 bits per heavy atom.